The van der Waals surface area contributed by atoms with Crippen LogP contribution in [-0.2, 0) is 10.0 Å². The lowest BCUT2D eigenvalue weighted by atomic mass is 10.1. The van der Waals surface area contributed by atoms with Crippen LogP contribution >= 0.6 is 0 Å². The Bertz CT molecular complexity index is 832. The molecule has 7 heteroatoms. The average molecular weight is 362 g/mol. The van der Waals surface area contributed by atoms with Gasteiger partial charge in [-0.1, -0.05) is 19.1 Å². The van der Waals surface area contributed by atoms with E-state index in [0.29, 0.717) is 5.75 Å². The van der Waals surface area contributed by atoms with Crippen molar-refractivity contribution in [3.63, 3.8) is 0 Å². The van der Waals surface area contributed by atoms with Crippen LogP contribution in [0.4, 0.5) is 5.69 Å². The number of methoxy groups -OCH3 is 1. The van der Waals surface area contributed by atoms with Gasteiger partial charge in [0.15, 0.2) is 0 Å². The van der Waals surface area contributed by atoms with Gasteiger partial charge in [-0.15, -0.1) is 0 Å². The summed E-state index contributed by atoms with van der Waals surface area (Å²) in [7, 11) is -2.31. The highest BCUT2D eigenvalue weighted by atomic mass is 32.2. The van der Waals surface area contributed by atoms with Crippen LogP contribution in [0.5, 0.6) is 5.75 Å². The molecule has 6 nitrogen and oxygen atoms in total. The van der Waals surface area contributed by atoms with Gasteiger partial charge in [0, 0.05) is 6.04 Å². The third-order valence-electron chi connectivity index (χ3n) is 3.78. The molecule has 25 heavy (non-hydrogen) atoms. The van der Waals surface area contributed by atoms with Crippen LogP contribution < -0.4 is 14.8 Å². The second-order valence-electron chi connectivity index (χ2n) is 5.61. The Balaban J connectivity index is 2.28. The van der Waals surface area contributed by atoms with E-state index in [2.05, 4.69) is 10.0 Å². The van der Waals surface area contributed by atoms with Crippen LogP contribution in [0, 0.1) is 0 Å². The molecule has 0 unspecified atom stereocenters. The first-order valence-electron chi connectivity index (χ1n) is 7.94. The summed E-state index contributed by atoms with van der Waals surface area (Å²) in [5.41, 5.74) is 0.513. The minimum absolute atomic E-state index is 0.00116. The first-order chi connectivity index (χ1) is 11.9. The fourth-order valence-corrected chi connectivity index (χ4v) is 3.21. The molecule has 0 bridgehead atoms. The fourth-order valence-electron chi connectivity index (χ4n) is 2.13. The Morgan fingerprint density at radius 2 is 1.76 bits per heavy atom. The normalized spacial score (nSPS) is 12.3. The molecule has 1 amide bonds. The van der Waals surface area contributed by atoms with Gasteiger partial charge in [0.1, 0.15) is 5.75 Å². The number of para-hydroxylation sites is 1. The van der Waals surface area contributed by atoms with E-state index in [1.54, 1.807) is 36.4 Å². The predicted molar refractivity (Wildman–Crippen MR) is 97.5 cm³/mol. The zero-order valence-corrected chi connectivity index (χ0v) is 15.3. The molecule has 0 aliphatic carbocycles. The lowest BCUT2D eigenvalue weighted by Gasteiger charge is -2.15. The molecule has 0 saturated carbocycles. The largest absolute Gasteiger partial charge is 0.497 e. The summed E-state index contributed by atoms with van der Waals surface area (Å²) in [4.78, 5) is 12.5. The number of rotatable bonds is 7. The molecule has 0 saturated heterocycles. The van der Waals surface area contributed by atoms with Gasteiger partial charge in [-0.05, 0) is 49.7 Å². The van der Waals surface area contributed by atoms with Crippen molar-refractivity contribution in [1.29, 1.82) is 0 Å². The van der Waals surface area contributed by atoms with Crippen LogP contribution in [0.2, 0.25) is 0 Å². The van der Waals surface area contributed by atoms with Crippen LogP contribution in [0.1, 0.15) is 30.6 Å². The van der Waals surface area contributed by atoms with Gasteiger partial charge < -0.3 is 10.1 Å². The molecule has 0 heterocycles. The number of carbonyl (C=O) groups excluding carboxylic acids is 1. The first kappa shape index (κ1) is 18.8. The summed E-state index contributed by atoms with van der Waals surface area (Å²) in [6, 6.07) is 12.5. The fraction of sp³-hybridized carbons (Fsp3) is 0.278. The van der Waals surface area contributed by atoms with E-state index in [1.165, 1.54) is 19.2 Å². The van der Waals surface area contributed by atoms with Crippen molar-refractivity contribution in [2.75, 3.05) is 11.8 Å². The molecule has 1 atom stereocenters. The van der Waals surface area contributed by atoms with Crippen LogP contribution in [0.15, 0.2) is 53.4 Å². The Labute approximate surface area is 148 Å². The number of hydrogen-bond donors (Lipinski definition) is 2. The van der Waals surface area contributed by atoms with Crippen LogP contribution in [0.3, 0.4) is 0 Å². The van der Waals surface area contributed by atoms with E-state index in [4.69, 9.17) is 4.74 Å². The molecule has 134 valence electrons. The highest BCUT2D eigenvalue weighted by Gasteiger charge is 2.19. The van der Waals surface area contributed by atoms with E-state index in [9.17, 15) is 13.2 Å². The molecule has 2 aromatic rings. The standard InChI is InChI=1S/C18H22N2O4S/c1-4-13(2)19-18(21)16-7-5-6-8-17(16)20-25(22,23)15-11-9-14(24-3)10-12-15/h5-13,20H,4H2,1-3H3,(H,19,21)/t13-/m0/s1. The average Bonchev–Trinajstić information content (AvgIpc) is 2.61. The number of sulfonamides is 1. The van der Waals surface area contributed by atoms with E-state index >= 15 is 0 Å². The minimum atomic E-state index is -3.81. The lowest BCUT2D eigenvalue weighted by molar-refractivity contribution is 0.0940. The summed E-state index contributed by atoms with van der Waals surface area (Å²) in [5.74, 6) is 0.245. The number of nitrogens with one attached hydrogen (secondary N) is 2. The van der Waals surface area contributed by atoms with Crippen LogP contribution in [-0.4, -0.2) is 27.5 Å². The molecule has 0 aliphatic heterocycles. The predicted octanol–water partition coefficient (Wildman–Crippen LogP) is 3.02. The van der Waals surface area contributed by atoms with E-state index in [1.807, 2.05) is 13.8 Å². The van der Waals surface area contributed by atoms with E-state index < -0.39 is 10.0 Å². The molecule has 0 aliphatic rings. The second-order valence-corrected chi connectivity index (χ2v) is 7.29. The number of ether oxygens (including phenoxy) is 1. The van der Waals surface area contributed by atoms with Gasteiger partial charge in [0.25, 0.3) is 15.9 Å². The molecule has 2 rings (SSSR count). The number of anilines is 1. The van der Waals surface area contributed by atoms with Crippen molar-refractivity contribution in [1.82, 2.24) is 5.32 Å². The quantitative estimate of drug-likeness (QED) is 0.793. The summed E-state index contributed by atoms with van der Waals surface area (Å²) in [6.45, 7) is 3.85. The number of amides is 1. The molecule has 0 fully saturated rings. The van der Waals surface area contributed by atoms with Crippen molar-refractivity contribution in [3.05, 3.63) is 54.1 Å². The maximum atomic E-state index is 12.6. The molecule has 0 spiro atoms. The van der Waals surface area contributed by atoms with Crippen LogP contribution in [0.25, 0.3) is 0 Å². The number of carbonyl (C=O) groups is 1. The third-order valence-corrected chi connectivity index (χ3v) is 5.16. The Morgan fingerprint density at radius 3 is 2.36 bits per heavy atom. The first-order valence-corrected chi connectivity index (χ1v) is 9.42. The van der Waals surface area contributed by atoms with Gasteiger partial charge >= 0.3 is 0 Å². The van der Waals surface area contributed by atoms with Crippen molar-refractivity contribution in [2.45, 2.75) is 31.2 Å². The Kier molecular flexibility index (Phi) is 6.03. The Morgan fingerprint density at radius 1 is 1.12 bits per heavy atom. The molecule has 2 N–H and O–H groups in total. The number of hydrogen-bond acceptors (Lipinski definition) is 4. The van der Waals surface area contributed by atoms with E-state index in [-0.39, 0.29) is 28.1 Å². The van der Waals surface area contributed by atoms with Crippen molar-refractivity contribution in [3.8, 4) is 5.75 Å². The monoisotopic (exact) mass is 362 g/mol. The topological polar surface area (TPSA) is 84.5 Å². The second kappa shape index (κ2) is 8.02. The molecular weight excluding hydrogens is 340 g/mol. The Hall–Kier alpha value is -2.54. The molecule has 0 radical (unpaired) electrons. The molecular formula is C18H22N2O4S. The summed E-state index contributed by atoms with van der Waals surface area (Å²) in [6.07, 6.45) is 0.783. The summed E-state index contributed by atoms with van der Waals surface area (Å²) in [5, 5.41) is 2.84. The minimum Gasteiger partial charge on any atom is -0.497 e. The van der Waals surface area contributed by atoms with Crippen molar-refractivity contribution < 1.29 is 17.9 Å². The van der Waals surface area contributed by atoms with E-state index in [0.717, 1.165) is 6.42 Å². The lowest BCUT2D eigenvalue weighted by Crippen LogP contribution is -2.32. The highest BCUT2D eigenvalue weighted by molar-refractivity contribution is 7.92. The summed E-state index contributed by atoms with van der Waals surface area (Å²) < 4.78 is 32.7. The molecule has 0 aromatic heterocycles. The maximum absolute atomic E-state index is 12.6. The summed E-state index contributed by atoms with van der Waals surface area (Å²) >= 11 is 0. The van der Waals surface area contributed by atoms with Gasteiger partial charge in [-0.3, -0.25) is 9.52 Å². The van der Waals surface area contributed by atoms with Gasteiger partial charge in [0.2, 0.25) is 0 Å². The molecule has 2 aromatic carbocycles. The van der Waals surface area contributed by atoms with Gasteiger partial charge in [-0.2, -0.15) is 0 Å². The van der Waals surface area contributed by atoms with Crippen molar-refractivity contribution in [2.24, 2.45) is 0 Å². The number of benzene rings is 2. The highest BCUT2D eigenvalue weighted by Crippen LogP contribution is 2.22. The zero-order valence-electron chi connectivity index (χ0n) is 14.4. The van der Waals surface area contributed by atoms with Gasteiger partial charge in [-0.25, -0.2) is 8.42 Å². The maximum Gasteiger partial charge on any atom is 0.261 e. The van der Waals surface area contributed by atoms with Gasteiger partial charge in [0.05, 0.1) is 23.3 Å². The third kappa shape index (κ3) is 4.73. The SMILES string of the molecule is CC[C@H](C)NC(=O)c1ccccc1NS(=O)(=O)c1ccc(OC)cc1. The smallest absolute Gasteiger partial charge is 0.261 e. The van der Waals surface area contributed by atoms with Crippen molar-refractivity contribution >= 4 is 21.6 Å². The zero-order chi connectivity index (χ0) is 18.4.